The molecule has 2 N–H and O–H groups in total. The molecule has 3 nitrogen and oxygen atoms in total. The fourth-order valence-electron chi connectivity index (χ4n) is 4.36. The molecular weight excluding hydrogens is 520 g/mol. The lowest BCUT2D eigenvalue weighted by Gasteiger charge is -2.43. The second-order valence-electron chi connectivity index (χ2n) is 8.71. The van der Waals surface area contributed by atoms with Crippen LogP contribution < -0.4 is 0 Å². The topological polar surface area (TPSA) is 49.7 Å². The summed E-state index contributed by atoms with van der Waals surface area (Å²) in [5.74, 6) is 0. The zero-order valence-corrected chi connectivity index (χ0v) is 20.1. The summed E-state index contributed by atoms with van der Waals surface area (Å²) in [5, 5.41) is 21.4. The number of hydrogen-bond donors (Lipinski definition) is 2. The molecule has 2 unspecified atom stereocenters. The molecule has 11 heteroatoms. The molecule has 0 saturated carbocycles. The molecule has 0 aliphatic rings. The fraction of sp³-hybridized carbons (Fsp3) is 0.143. The molecule has 4 aromatic rings. The molecule has 0 spiro atoms. The summed E-state index contributed by atoms with van der Waals surface area (Å²) in [5.41, 5.74) is -5.14. The summed E-state index contributed by atoms with van der Waals surface area (Å²) in [6, 6.07) is 23.9. The van der Waals surface area contributed by atoms with Crippen molar-refractivity contribution >= 4 is 15.0 Å². The van der Waals surface area contributed by atoms with Crippen LogP contribution in [-0.2, 0) is 28.1 Å². The van der Waals surface area contributed by atoms with Gasteiger partial charge in [0.15, 0.2) is 0 Å². The molecule has 2 radical (unpaired) electrons. The molecule has 0 fully saturated rings. The average molecular weight is 540 g/mol. The zero-order valence-electron chi connectivity index (χ0n) is 20.1. The molecule has 4 rings (SSSR count). The Morgan fingerprint density at radius 2 is 0.667 bits per heavy atom. The van der Waals surface area contributed by atoms with Crippen molar-refractivity contribution in [2.45, 2.75) is 23.4 Å². The van der Waals surface area contributed by atoms with Gasteiger partial charge in [-0.05, 0) is 46.5 Å². The molecule has 0 heterocycles. The Morgan fingerprint density at radius 3 is 0.923 bits per heavy atom. The molecule has 0 amide bonds. The standard InChI is InChI=1S/C28H20B2F6O3/c31-27(32,33)23-15-11-21(12-16-23)25(29-37,19-7-3-1-4-8-19)39-26(30-38,20-9-5-2-6-10-20)22-13-17-24(18-14-22)28(34,35)36/h1-18,37-38H. The minimum Gasteiger partial charge on any atom is -0.451 e. The molecule has 4 aromatic carbocycles. The second-order valence-corrected chi connectivity index (χ2v) is 8.71. The first kappa shape index (κ1) is 28.5. The number of halogens is 6. The van der Waals surface area contributed by atoms with Crippen LogP contribution in [0.15, 0.2) is 109 Å². The quantitative estimate of drug-likeness (QED) is 0.211. The zero-order chi connectivity index (χ0) is 28.3. The van der Waals surface area contributed by atoms with E-state index in [2.05, 4.69) is 0 Å². The van der Waals surface area contributed by atoms with Gasteiger partial charge in [-0.3, -0.25) is 0 Å². The van der Waals surface area contributed by atoms with E-state index in [4.69, 9.17) is 4.74 Å². The van der Waals surface area contributed by atoms with Crippen LogP contribution >= 0.6 is 0 Å². The monoisotopic (exact) mass is 540 g/mol. The number of rotatable bonds is 8. The summed E-state index contributed by atoms with van der Waals surface area (Å²) in [6.07, 6.45) is -9.24. The molecule has 0 aliphatic heterocycles. The Kier molecular flexibility index (Phi) is 7.97. The van der Waals surface area contributed by atoms with E-state index in [1.165, 1.54) is 0 Å². The van der Waals surface area contributed by atoms with Crippen LogP contribution in [0.4, 0.5) is 26.3 Å². The van der Waals surface area contributed by atoms with Crippen molar-refractivity contribution in [1.82, 2.24) is 0 Å². The Bertz CT molecular complexity index is 1260. The van der Waals surface area contributed by atoms with Crippen molar-refractivity contribution in [3.63, 3.8) is 0 Å². The molecule has 0 aliphatic carbocycles. The first-order chi connectivity index (χ1) is 18.5. The van der Waals surface area contributed by atoms with Gasteiger partial charge in [0.05, 0.1) is 11.1 Å². The van der Waals surface area contributed by atoms with Crippen LogP contribution in [0, 0.1) is 0 Å². The lowest BCUT2D eigenvalue weighted by molar-refractivity contribution is -0.138. The maximum atomic E-state index is 13.3. The highest BCUT2D eigenvalue weighted by molar-refractivity contribution is 6.34. The lowest BCUT2D eigenvalue weighted by Crippen LogP contribution is -2.49. The first-order valence-electron chi connectivity index (χ1n) is 11.6. The number of alkyl halides is 6. The van der Waals surface area contributed by atoms with Crippen molar-refractivity contribution in [2.24, 2.45) is 0 Å². The summed E-state index contributed by atoms with van der Waals surface area (Å²) in [7, 11) is 1.27. The van der Waals surface area contributed by atoms with E-state index in [1.807, 2.05) is 0 Å². The van der Waals surface area contributed by atoms with Crippen LogP contribution in [0.1, 0.15) is 33.4 Å². The molecule has 39 heavy (non-hydrogen) atoms. The predicted octanol–water partition coefficient (Wildman–Crippen LogP) is 6.07. The molecule has 0 bridgehead atoms. The van der Waals surface area contributed by atoms with Crippen molar-refractivity contribution in [2.75, 3.05) is 0 Å². The molecule has 0 aromatic heterocycles. The van der Waals surface area contributed by atoms with Crippen LogP contribution in [0.25, 0.3) is 0 Å². The highest BCUT2D eigenvalue weighted by Gasteiger charge is 2.48. The summed E-state index contributed by atoms with van der Waals surface area (Å²) >= 11 is 0. The Morgan fingerprint density at radius 1 is 0.410 bits per heavy atom. The van der Waals surface area contributed by atoms with Crippen LogP contribution in [0.2, 0.25) is 0 Å². The minimum absolute atomic E-state index is 0.0678. The third kappa shape index (κ3) is 5.61. The Hall–Kier alpha value is -3.53. The van der Waals surface area contributed by atoms with Gasteiger partial charge < -0.3 is 14.8 Å². The fourth-order valence-corrected chi connectivity index (χ4v) is 4.36. The van der Waals surface area contributed by atoms with Crippen molar-refractivity contribution in [1.29, 1.82) is 0 Å². The van der Waals surface area contributed by atoms with Gasteiger partial charge in [0.2, 0.25) is 0 Å². The lowest BCUT2D eigenvalue weighted by atomic mass is 9.61. The Labute approximate surface area is 222 Å². The third-order valence-electron chi connectivity index (χ3n) is 6.37. The first-order valence-corrected chi connectivity index (χ1v) is 11.6. The SMILES string of the molecule is O[B]C(OC([B]O)(c1ccccc1)c1ccc(C(F)(F)F)cc1)(c1ccccc1)c1ccc(C(F)(F)F)cc1. The smallest absolute Gasteiger partial charge is 0.416 e. The maximum absolute atomic E-state index is 13.3. The largest absolute Gasteiger partial charge is 0.451 e. The maximum Gasteiger partial charge on any atom is 0.416 e. The minimum atomic E-state index is -4.62. The van der Waals surface area contributed by atoms with Gasteiger partial charge in [-0.1, -0.05) is 84.9 Å². The third-order valence-corrected chi connectivity index (χ3v) is 6.37. The highest BCUT2D eigenvalue weighted by atomic mass is 19.4. The number of benzene rings is 4. The summed E-state index contributed by atoms with van der Waals surface area (Å²) in [4.78, 5) is 0. The van der Waals surface area contributed by atoms with Crippen molar-refractivity contribution in [3.8, 4) is 0 Å². The van der Waals surface area contributed by atoms with Gasteiger partial charge in [0.25, 0.3) is 0 Å². The van der Waals surface area contributed by atoms with Crippen LogP contribution in [0.3, 0.4) is 0 Å². The Balaban J connectivity index is 1.97. The van der Waals surface area contributed by atoms with E-state index in [0.29, 0.717) is 15.0 Å². The van der Waals surface area contributed by atoms with Gasteiger partial charge in [-0.15, -0.1) is 0 Å². The van der Waals surface area contributed by atoms with Gasteiger partial charge in [0.1, 0.15) is 11.0 Å². The highest BCUT2D eigenvalue weighted by Crippen LogP contribution is 2.44. The molecule has 2 atom stereocenters. The molecular formula is C28H20B2F6O3. The van der Waals surface area contributed by atoms with E-state index in [1.54, 1.807) is 60.7 Å². The molecule has 0 saturated heterocycles. The summed E-state index contributed by atoms with van der Waals surface area (Å²) in [6.45, 7) is 0. The van der Waals surface area contributed by atoms with E-state index >= 15 is 0 Å². The van der Waals surface area contributed by atoms with E-state index in [-0.39, 0.29) is 22.3 Å². The van der Waals surface area contributed by atoms with Gasteiger partial charge in [0, 0.05) is 0 Å². The summed E-state index contributed by atoms with van der Waals surface area (Å²) < 4.78 is 86.3. The number of ether oxygens (including phenoxy) is 1. The molecule has 198 valence electrons. The van der Waals surface area contributed by atoms with Crippen molar-refractivity contribution in [3.05, 3.63) is 143 Å². The van der Waals surface area contributed by atoms with Gasteiger partial charge in [-0.2, -0.15) is 26.3 Å². The number of hydrogen-bond acceptors (Lipinski definition) is 3. The van der Waals surface area contributed by atoms with E-state index < -0.39 is 34.5 Å². The van der Waals surface area contributed by atoms with Crippen LogP contribution in [-0.4, -0.2) is 25.0 Å². The van der Waals surface area contributed by atoms with Gasteiger partial charge in [-0.25, -0.2) is 0 Å². The average Bonchev–Trinajstić information content (AvgIpc) is 2.94. The van der Waals surface area contributed by atoms with E-state index in [0.717, 1.165) is 48.5 Å². The normalized spacial score (nSPS) is 15.2. The second kappa shape index (κ2) is 10.9. The van der Waals surface area contributed by atoms with Crippen molar-refractivity contribution < 1.29 is 41.1 Å². The predicted molar refractivity (Wildman–Crippen MR) is 134 cm³/mol. The van der Waals surface area contributed by atoms with Gasteiger partial charge >= 0.3 is 27.3 Å². The van der Waals surface area contributed by atoms with Crippen LogP contribution in [0.5, 0.6) is 0 Å². The van der Waals surface area contributed by atoms with E-state index in [9.17, 15) is 36.4 Å².